The van der Waals surface area contributed by atoms with E-state index in [9.17, 15) is 14.0 Å². The standard InChI is InChI=1S/C16H12FNO.C9H7NO/c17-15-4-1-12(2-5-15)10-18-8-7-14-9-13(11-19)3-6-16(14)18;11-6-7-1-2-9-8(5-7)3-4-10-9/h1-9,11H,10H2;1-6,10H. The first-order valence-corrected chi connectivity index (χ1v) is 9.47. The quantitative estimate of drug-likeness (QED) is 0.399. The van der Waals surface area contributed by atoms with Crippen molar-refractivity contribution in [3.8, 4) is 0 Å². The van der Waals surface area contributed by atoms with Crippen LogP contribution in [0, 0.1) is 5.82 Å². The molecule has 0 aliphatic rings. The van der Waals surface area contributed by atoms with Crippen LogP contribution in [0.1, 0.15) is 26.3 Å². The van der Waals surface area contributed by atoms with E-state index in [4.69, 9.17) is 0 Å². The lowest BCUT2D eigenvalue weighted by Gasteiger charge is -2.06. The maximum absolute atomic E-state index is 12.9. The van der Waals surface area contributed by atoms with Gasteiger partial charge in [0.2, 0.25) is 0 Å². The van der Waals surface area contributed by atoms with Crippen LogP contribution in [0.4, 0.5) is 4.39 Å². The fourth-order valence-corrected chi connectivity index (χ4v) is 3.36. The van der Waals surface area contributed by atoms with Crippen molar-refractivity contribution in [1.82, 2.24) is 9.55 Å². The third kappa shape index (κ3) is 4.20. The van der Waals surface area contributed by atoms with Gasteiger partial charge in [0, 0.05) is 51.9 Å². The lowest BCUT2D eigenvalue weighted by atomic mass is 10.2. The molecule has 148 valence electrons. The molecule has 0 unspecified atom stereocenters. The van der Waals surface area contributed by atoms with Crippen molar-refractivity contribution in [3.05, 3.63) is 108 Å². The van der Waals surface area contributed by atoms with Crippen molar-refractivity contribution in [2.24, 2.45) is 0 Å². The number of nitrogens with zero attached hydrogens (tertiary/aromatic N) is 1. The summed E-state index contributed by atoms with van der Waals surface area (Å²) < 4.78 is 14.9. The zero-order valence-electron chi connectivity index (χ0n) is 16.1. The molecular formula is C25H19FN2O2. The van der Waals surface area contributed by atoms with Gasteiger partial charge in [-0.3, -0.25) is 9.59 Å². The average molecular weight is 398 g/mol. The van der Waals surface area contributed by atoms with Crippen LogP contribution in [-0.4, -0.2) is 22.1 Å². The van der Waals surface area contributed by atoms with Crippen LogP contribution in [0.5, 0.6) is 0 Å². The highest BCUT2D eigenvalue weighted by Gasteiger charge is 2.03. The first-order valence-electron chi connectivity index (χ1n) is 9.47. The van der Waals surface area contributed by atoms with Crippen LogP contribution >= 0.6 is 0 Å². The molecule has 0 aliphatic heterocycles. The summed E-state index contributed by atoms with van der Waals surface area (Å²) >= 11 is 0. The number of H-pyrrole nitrogens is 1. The lowest BCUT2D eigenvalue weighted by molar-refractivity contribution is 0.111. The van der Waals surface area contributed by atoms with Gasteiger partial charge in [0.15, 0.2) is 0 Å². The average Bonchev–Trinajstić information content (AvgIpc) is 3.41. The zero-order chi connectivity index (χ0) is 20.9. The van der Waals surface area contributed by atoms with Crippen LogP contribution in [0.3, 0.4) is 0 Å². The third-order valence-corrected chi connectivity index (χ3v) is 4.91. The Kier molecular flexibility index (Phi) is 5.52. The number of rotatable bonds is 4. The Balaban J connectivity index is 0.000000168. The van der Waals surface area contributed by atoms with E-state index in [0.717, 1.165) is 45.5 Å². The molecule has 0 atom stereocenters. The second-order valence-electron chi connectivity index (χ2n) is 6.95. The largest absolute Gasteiger partial charge is 0.361 e. The molecule has 5 rings (SSSR count). The first kappa shape index (κ1) is 19.3. The number of halogens is 1. The second kappa shape index (κ2) is 8.57. The summed E-state index contributed by atoms with van der Waals surface area (Å²) in [6.07, 6.45) is 5.53. The summed E-state index contributed by atoms with van der Waals surface area (Å²) in [5.41, 5.74) is 4.56. The molecule has 0 saturated heterocycles. The van der Waals surface area contributed by atoms with Gasteiger partial charge in [0.05, 0.1) is 0 Å². The maximum atomic E-state index is 12.9. The number of carbonyl (C=O) groups excluding carboxylic acids is 2. The predicted octanol–water partition coefficient (Wildman–Crippen LogP) is 5.62. The number of nitrogens with one attached hydrogen (secondary N) is 1. The summed E-state index contributed by atoms with van der Waals surface area (Å²) in [4.78, 5) is 24.2. The summed E-state index contributed by atoms with van der Waals surface area (Å²) in [6.45, 7) is 0.685. The number of hydrogen-bond acceptors (Lipinski definition) is 2. The molecule has 0 radical (unpaired) electrons. The van der Waals surface area contributed by atoms with E-state index in [1.165, 1.54) is 12.1 Å². The van der Waals surface area contributed by atoms with E-state index in [1.807, 2.05) is 48.8 Å². The lowest BCUT2D eigenvalue weighted by Crippen LogP contribution is -1.97. The van der Waals surface area contributed by atoms with E-state index < -0.39 is 0 Å². The van der Waals surface area contributed by atoms with E-state index in [0.29, 0.717) is 12.1 Å². The second-order valence-corrected chi connectivity index (χ2v) is 6.95. The normalized spacial score (nSPS) is 10.6. The monoisotopic (exact) mass is 398 g/mol. The highest BCUT2D eigenvalue weighted by Crippen LogP contribution is 2.18. The molecule has 2 aromatic heterocycles. The highest BCUT2D eigenvalue weighted by molar-refractivity contribution is 5.88. The van der Waals surface area contributed by atoms with Crippen LogP contribution < -0.4 is 0 Å². The molecule has 2 heterocycles. The van der Waals surface area contributed by atoms with Crippen molar-refractivity contribution in [2.45, 2.75) is 6.54 Å². The molecule has 5 aromatic rings. The van der Waals surface area contributed by atoms with Gasteiger partial charge in [-0.05, 0) is 66.2 Å². The van der Waals surface area contributed by atoms with Crippen LogP contribution in [0.25, 0.3) is 21.8 Å². The number of carbonyl (C=O) groups is 2. The number of aldehydes is 2. The fourth-order valence-electron chi connectivity index (χ4n) is 3.36. The number of aromatic nitrogens is 2. The molecule has 4 nitrogen and oxygen atoms in total. The number of hydrogen-bond donors (Lipinski definition) is 1. The third-order valence-electron chi connectivity index (χ3n) is 4.91. The van der Waals surface area contributed by atoms with E-state index in [-0.39, 0.29) is 5.82 Å². The Hall–Kier alpha value is -3.99. The molecule has 30 heavy (non-hydrogen) atoms. The smallest absolute Gasteiger partial charge is 0.150 e. The van der Waals surface area contributed by atoms with Crippen LogP contribution in [0.15, 0.2) is 85.2 Å². The maximum Gasteiger partial charge on any atom is 0.150 e. The van der Waals surface area contributed by atoms with Crippen molar-refractivity contribution in [3.63, 3.8) is 0 Å². The summed E-state index contributed by atoms with van der Waals surface area (Å²) in [6, 6.07) is 21.6. The Morgan fingerprint density at radius 1 is 0.800 bits per heavy atom. The molecule has 1 N–H and O–H groups in total. The molecule has 0 saturated carbocycles. The zero-order valence-corrected chi connectivity index (χ0v) is 16.1. The Labute approximate surface area is 172 Å². The van der Waals surface area contributed by atoms with E-state index in [1.54, 1.807) is 24.3 Å². The minimum absolute atomic E-state index is 0.225. The van der Waals surface area contributed by atoms with Crippen LogP contribution in [0.2, 0.25) is 0 Å². The van der Waals surface area contributed by atoms with Gasteiger partial charge in [0.25, 0.3) is 0 Å². The van der Waals surface area contributed by atoms with Crippen LogP contribution in [-0.2, 0) is 6.54 Å². The fraction of sp³-hybridized carbons (Fsp3) is 0.0400. The van der Waals surface area contributed by atoms with Crippen molar-refractivity contribution >= 4 is 34.4 Å². The molecular weight excluding hydrogens is 379 g/mol. The molecule has 0 fully saturated rings. The summed E-state index contributed by atoms with van der Waals surface area (Å²) in [5.74, 6) is -0.225. The van der Waals surface area contributed by atoms with Gasteiger partial charge >= 0.3 is 0 Å². The highest BCUT2D eigenvalue weighted by atomic mass is 19.1. The van der Waals surface area contributed by atoms with Crippen molar-refractivity contribution in [2.75, 3.05) is 0 Å². The predicted molar refractivity (Wildman–Crippen MR) is 117 cm³/mol. The van der Waals surface area contributed by atoms with Gasteiger partial charge in [-0.15, -0.1) is 0 Å². The van der Waals surface area contributed by atoms with Crippen molar-refractivity contribution < 1.29 is 14.0 Å². The van der Waals surface area contributed by atoms with E-state index >= 15 is 0 Å². The Morgan fingerprint density at radius 3 is 2.23 bits per heavy atom. The molecule has 0 spiro atoms. The van der Waals surface area contributed by atoms with E-state index in [2.05, 4.69) is 9.55 Å². The topological polar surface area (TPSA) is 54.9 Å². The number of fused-ring (bicyclic) bond motifs is 2. The number of benzene rings is 3. The minimum atomic E-state index is -0.225. The number of aromatic amines is 1. The van der Waals surface area contributed by atoms with Gasteiger partial charge in [0.1, 0.15) is 18.4 Å². The Morgan fingerprint density at radius 2 is 1.50 bits per heavy atom. The Bertz CT molecular complexity index is 1320. The molecule has 0 aliphatic carbocycles. The summed E-state index contributed by atoms with van der Waals surface area (Å²) in [7, 11) is 0. The summed E-state index contributed by atoms with van der Waals surface area (Å²) in [5, 5.41) is 2.11. The minimum Gasteiger partial charge on any atom is -0.361 e. The van der Waals surface area contributed by atoms with Crippen molar-refractivity contribution in [1.29, 1.82) is 0 Å². The molecule has 3 aromatic carbocycles. The van der Waals surface area contributed by atoms with Gasteiger partial charge in [-0.25, -0.2) is 4.39 Å². The SMILES string of the molecule is O=Cc1ccc2[nH]ccc2c1.O=Cc1ccc2c(ccn2Cc2ccc(F)cc2)c1. The first-order chi connectivity index (χ1) is 14.7. The molecule has 0 bridgehead atoms. The van der Waals surface area contributed by atoms with Gasteiger partial charge in [-0.1, -0.05) is 12.1 Å². The molecule has 0 amide bonds. The van der Waals surface area contributed by atoms with Gasteiger partial charge in [-0.2, -0.15) is 0 Å². The molecule has 5 heteroatoms. The van der Waals surface area contributed by atoms with Gasteiger partial charge < -0.3 is 9.55 Å².